The van der Waals surface area contributed by atoms with Crippen LogP contribution in [0, 0.1) is 6.92 Å². The molecule has 2 rings (SSSR count). The maximum Gasteiger partial charge on any atom is 0.236 e. The van der Waals surface area contributed by atoms with Gasteiger partial charge in [-0.3, -0.25) is 9.59 Å². The van der Waals surface area contributed by atoms with Crippen LogP contribution < -0.4 is 5.32 Å². The highest BCUT2D eigenvalue weighted by molar-refractivity contribution is 9.10. The highest BCUT2D eigenvalue weighted by atomic mass is 79.9. The number of Topliss-reactive ketones (excluding diaryl/α,β-unsaturated/α-hetero) is 1. The minimum Gasteiger partial charge on any atom is -0.343 e. The van der Waals surface area contributed by atoms with Crippen LogP contribution in [0.3, 0.4) is 0 Å². The lowest BCUT2D eigenvalue weighted by Crippen LogP contribution is -2.42. The lowest BCUT2D eigenvalue weighted by molar-refractivity contribution is -0.125. The molecule has 2 atom stereocenters. The number of nitrogens with one attached hydrogen (secondary N) is 1. The minimum atomic E-state index is -0.739. The Morgan fingerprint density at radius 1 is 1.30 bits per heavy atom. The molecule has 3 nitrogen and oxygen atoms in total. The van der Waals surface area contributed by atoms with Gasteiger partial charge in [0, 0.05) is 4.47 Å². The van der Waals surface area contributed by atoms with Crippen LogP contribution in [0.25, 0.3) is 0 Å². The van der Waals surface area contributed by atoms with Crippen molar-refractivity contribution < 1.29 is 9.59 Å². The first kappa shape index (κ1) is 15.2. The second-order valence-corrected chi connectivity index (χ2v) is 6.50. The molecule has 1 fully saturated rings. The fraction of sp³-hybridized carbons (Fsp3) is 0.500. The molecular formula is C16H20BrNO2. The van der Waals surface area contributed by atoms with Gasteiger partial charge in [-0.15, -0.1) is 0 Å². The van der Waals surface area contributed by atoms with E-state index in [0.29, 0.717) is 6.42 Å². The first-order chi connectivity index (χ1) is 9.34. The molecule has 1 N–H and O–H groups in total. The average Bonchev–Trinajstić information content (AvgIpc) is 2.61. The van der Waals surface area contributed by atoms with Crippen molar-refractivity contribution >= 4 is 27.6 Å². The van der Waals surface area contributed by atoms with Gasteiger partial charge < -0.3 is 5.32 Å². The molecule has 1 aliphatic heterocycles. The SMILES string of the molecule is CCc1cc(C)cc(Br)c1C1C(=O)NC(C)(CC)C1=O. The van der Waals surface area contributed by atoms with Crippen LogP contribution in [0.1, 0.15) is 49.8 Å². The van der Waals surface area contributed by atoms with Gasteiger partial charge in [0.2, 0.25) is 5.91 Å². The molecule has 1 aliphatic rings. The summed E-state index contributed by atoms with van der Waals surface area (Å²) in [5.41, 5.74) is 2.28. The number of ketones is 1. The van der Waals surface area contributed by atoms with Crippen LogP contribution in [0.15, 0.2) is 16.6 Å². The van der Waals surface area contributed by atoms with Crippen molar-refractivity contribution in [2.45, 2.75) is 52.0 Å². The van der Waals surface area contributed by atoms with Crippen LogP contribution in [0.5, 0.6) is 0 Å². The number of rotatable bonds is 3. The van der Waals surface area contributed by atoms with E-state index in [2.05, 4.69) is 27.3 Å². The Bertz CT molecular complexity index is 582. The number of halogens is 1. The third-order valence-corrected chi connectivity index (χ3v) is 4.86. The summed E-state index contributed by atoms with van der Waals surface area (Å²) in [6, 6.07) is 4.03. The van der Waals surface area contributed by atoms with E-state index in [0.717, 1.165) is 27.6 Å². The minimum absolute atomic E-state index is 0.0238. The fourth-order valence-corrected chi connectivity index (χ4v) is 3.65. The molecule has 0 aliphatic carbocycles. The topological polar surface area (TPSA) is 46.2 Å². The van der Waals surface area contributed by atoms with Gasteiger partial charge in [-0.25, -0.2) is 0 Å². The Kier molecular flexibility index (Phi) is 4.05. The first-order valence-electron chi connectivity index (χ1n) is 6.99. The van der Waals surface area contributed by atoms with Crippen LogP contribution in [-0.2, 0) is 16.0 Å². The second kappa shape index (κ2) is 5.32. The fourth-order valence-electron chi connectivity index (χ4n) is 2.81. The predicted molar refractivity (Wildman–Crippen MR) is 82.8 cm³/mol. The second-order valence-electron chi connectivity index (χ2n) is 5.65. The maximum atomic E-state index is 12.7. The van der Waals surface area contributed by atoms with E-state index in [1.165, 1.54) is 0 Å². The van der Waals surface area contributed by atoms with Gasteiger partial charge in [0.1, 0.15) is 5.92 Å². The molecular weight excluding hydrogens is 318 g/mol. The molecule has 108 valence electrons. The number of hydrogen-bond donors (Lipinski definition) is 1. The van der Waals surface area contributed by atoms with E-state index in [9.17, 15) is 9.59 Å². The van der Waals surface area contributed by atoms with Gasteiger partial charge in [0.25, 0.3) is 0 Å². The van der Waals surface area contributed by atoms with Crippen molar-refractivity contribution in [3.63, 3.8) is 0 Å². The summed E-state index contributed by atoms with van der Waals surface area (Å²) in [4.78, 5) is 25.0. The molecule has 2 unspecified atom stereocenters. The molecule has 1 aromatic carbocycles. The Labute approximate surface area is 128 Å². The molecule has 1 amide bonds. The summed E-state index contributed by atoms with van der Waals surface area (Å²) in [6.07, 6.45) is 1.41. The number of aryl methyl sites for hydroxylation is 2. The lowest BCUT2D eigenvalue weighted by atomic mass is 9.84. The summed E-state index contributed by atoms with van der Waals surface area (Å²) < 4.78 is 0.850. The third kappa shape index (κ3) is 2.30. The van der Waals surface area contributed by atoms with Gasteiger partial charge in [-0.2, -0.15) is 0 Å². The molecule has 0 radical (unpaired) electrons. The predicted octanol–water partition coefficient (Wildman–Crippen LogP) is 3.27. The monoisotopic (exact) mass is 337 g/mol. The zero-order valence-electron chi connectivity index (χ0n) is 12.3. The van der Waals surface area contributed by atoms with Crippen LogP contribution in [0.4, 0.5) is 0 Å². The van der Waals surface area contributed by atoms with E-state index in [1.54, 1.807) is 6.92 Å². The largest absolute Gasteiger partial charge is 0.343 e. The molecule has 0 spiro atoms. The number of hydrogen-bond acceptors (Lipinski definition) is 2. The highest BCUT2D eigenvalue weighted by Gasteiger charge is 2.49. The number of carbonyl (C=O) groups is 2. The molecule has 0 aromatic heterocycles. The molecule has 0 bridgehead atoms. The van der Waals surface area contributed by atoms with Gasteiger partial charge in [-0.1, -0.05) is 35.8 Å². The Balaban J connectivity index is 2.58. The van der Waals surface area contributed by atoms with Gasteiger partial charge in [0.05, 0.1) is 5.54 Å². The van der Waals surface area contributed by atoms with Gasteiger partial charge in [-0.05, 0) is 49.4 Å². The quantitative estimate of drug-likeness (QED) is 0.860. The van der Waals surface area contributed by atoms with Crippen molar-refractivity contribution in [2.75, 3.05) is 0 Å². The molecule has 20 heavy (non-hydrogen) atoms. The number of amides is 1. The van der Waals surface area contributed by atoms with E-state index >= 15 is 0 Å². The van der Waals surface area contributed by atoms with Crippen molar-refractivity contribution in [3.05, 3.63) is 33.3 Å². The zero-order chi connectivity index (χ0) is 15.1. The van der Waals surface area contributed by atoms with Crippen LogP contribution in [-0.4, -0.2) is 17.2 Å². The molecule has 0 saturated carbocycles. The standard InChI is InChI=1S/C16H20BrNO2/c1-5-10-7-9(3)8-11(17)12(10)13-14(19)16(4,6-2)18-15(13)20/h7-8,13H,5-6H2,1-4H3,(H,18,20). The Hall–Kier alpha value is -1.16. The van der Waals surface area contributed by atoms with Gasteiger partial charge in [0.15, 0.2) is 5.78 Å². The number of benzene rings is 1. The molecule has 1 aromatic rings. The smallest absolute Gasteiger partial charge is 0.236 e. The zero-order valence-corrected chi connectivity index (χ0v) is 13.9. The van der Waals surface area contributed by atoms with Crippen molar-refractivity contribution in [2.24, 2.45) is 0 Å². The lowest BCUT2D eigenvalue weighted by Gasteiger charge is -2.20. The van der Waals surface area contributed by atoms with E-state index in [-0.39, 0.29) is 11.7 Å². The maximum absolute atomic E-state index is 12.7. The van der Waals surface area contributed by atoms with E-state index in [1.807, 2.05) is 26.8 Å². The Morgan fingerprint density at radius 2 is 1.95 bits per heavy atom. The van der Waals surface area contributed by atoms with Gasteiger partial charge >= 0.3 is 0 Å². The summed E-state index contributed by atoms with van der Waals surface area (Å²) in [7, 11) is 0. The molecule has 4 heteroatoms. The summed E-state index contributed by atoms with van der Waals surface area (Å²) >= 11 is 3.53. The number of carbonyl (C=O) groups excluding carboxylic acids is 2. The van der Waals surface area contributed by atoms with E-state index in [4.69, 9.17) is 0 Å². The summed E-state index contributed by atoms with van der Waals surface area (Å²) in [5, 5.41) is 2.86. The third-order valence-electron chi connectivity index (χ3n) is 4.20. The first-order valence-corrected chi connectivity index (χ1v) is 7.78. The Morgan fingerprint density at radius 3 is 2.45 bits per heavy atom. The average molecular weight is 338 g/mol. The van der Waals surface area contributed by atoms with Crippen molar-refractivity contribution in [1.29, 1.82) is 0 Å². The molecule has 1 saturated heterocycles. The normalized spacial score (nSPS) is 25.9. The summed E-state index contributed by atoms with van der Waals surface area (Å²) in [5.74, 6) is -0.896. The molecule has 1 heterocycles. The van der Waals surface area contributed by atoms with Crippen LogP contribution in [0.2, 0.25) is 0 Å². The van der Waals surface area contributed by atoms with Crippen molar-refractivity contribution in [1.82, 2.24) is 5.32 Å². The van der Waals surface area contributed by atoms with E-state index < -0.39 is 11.5 Å². The van der Waals surface area contributed by atoms with Crippen LogP contribution >= 0.6 is 15.9 Å². The summed E-state index contributed by atoms with van der Waals surface area (Å²) in [6.45, 7) is 7.79. The van der Waals surface area contributed by atoms with Crippen molar-refractivity contribution in [3.8, 4) is 0 Å². The highest BCUT2D eigenvalue weighted by Crippen LogP contribution is 2.37.